The molecule has 2 N–H and O–H groups in total. The van der Waals surface area contributed by atoms with Gasteiger partial charge in [0.15, 0.2) is 0 Å². The lowest BCUT2D eigenvalue weighted by molar-refractivity contribution is 0.401. The van der Waals surface area contributed by atoms with Gasteiger partial charge >= 0.3 is 0 Å². The van der Waals surface area contributed by atoms with Crippen LogP contribution in [0.2, 0.25) is 0 Å². The molecule has 3 aromatic carbocycles. The van der Waals surface area contributed by atoms with E-state index in [4.69, 9.17) is 5.73 Å². The number of hydrogen-bond acceptors (Lipinski definition) is 5. The van der Waals surface area contributed by atoms with Crippen molar-refractivity contribution in [3.63, 3.8) is 0 Å². The molecule has 3 heterocycles. The summed E-state index contributed by atoms with van der Waals surface area (Å²) in [5.41, 5.74) is 12.2. The fourth-order valence-corrected chi connectivity index (χ4v) is 6.78. The standard InChI is InChI=1S/C29H25N5OS/c30-27-23(15-21-11-6-10-18-7-4-5-12-22(18)21)26(20-13-14-20)29-34(28(27)35)25(17-36-29)33-16-24(31-32-33)19-8-2-1-3-9-19/h1-12,16,20,25H,13-15,17,30H2. The Morgan fingerprint density at radius 3 is 2.58 bits per heavy atom. The molecule has 0 radical (unpaired) electrons. The molecule has 5 aromatic rings. The Hall–Kier alpha value is -3.84. The summed E-state index contributed by atoms with van der Waals surface area (Å²) < 4.78 is 3.68. The van der Waals surface area contributed by atoms with Gasteiger partial charge in [0, 0.05) is 17.7 Å². The van der Waals surface area contributed by atoms with E-state index in [1.165, 1.54) is 21.9 Å². The first kappa shape index (κ1) is 21.4. The van der Waals surface area contributed by atoms with Gasteiger partial charge in [-0.2, -0.15) is 0 Å². The number of pyridine rings is 1. The minimum absolute atomic E-state index is 0.128. The average molecular weight is 492 g/mol. The monoisotopic (exact) mass is 491 g/mol. The molecule has 6 nitrogen and oxygen atoms in total. The summed E-state index contributed by atoms with van der Waals surface area (Å²) in [4.78, 5) is 13.8. The van der Waals surface area contributed by atoms with Gasteiger partial charge in [0.25, 0.3) is 5.56 Å². The highest BCUT2D eigenvalue weighted by molar-refractivity contribution is 7.99. The minimum Gasteiger partial charge on any atom is -0.394 e. The van der Waals surface area contributed by atoms with Gasteiger partial charge in [-0.05, 0) is 46.2 Å². The molecule has 1 aliphatic carbocycles. The Morgan fingerprint density at radius 1 is 0.972 bits per heavy atom. The molecule has 1 aliphatic heterocycles. The second kappa shape index (κ2) is 8.38. The quantitative estimate of drug-likeness (QED) is 0.353. The number of hydrogen-bond donors (Lipinski definition) is 1. The first-order valence-corrected chi connectivity index (χ1v) is 13.3. The van der Waals surface area contributed by atoms with Crippen molar-refractivity contribution in [2.45, 2.75) is 36.4 Å². The molecular formula is C29H25N5OS. The zero-order valence-corrected chi connectivity index (χ0v) is 20.5. The molecule has 7 heteroatoms. The van der Waals surface area contributed by atoms with Gasteiger partial charge in [0.2, 0.25) is 0 Å². The molecule has 1 unspecified atom stereocenters. The summed E-state index contributed by atoms with van der Waals surface area (Å²) >= 11 is 1.74. The number of nitrogens with two attached hydrogens (primary N) is 1. The summed E-state index contributed by atoms with van der Waals surface area (Å²) in [7, 11) is 0. The van der Waals surface area contributed by atoms with Crippen LogP contribution in [0.4, 0.5) is 5.69 Å². The van der Waals surface area contributed by atoms with Gasteiger partial charge in [0.1, 0.15) is 17.5 Å². The van der Waals surface area contributed by atoms with Crippen LogP contribution in [0.3, 0.4) is 0 Å². The van der Waals surface area contributed by atoms with E-state index in [1.54, 1.807) is 11.8 Å². The van der Waals surface area contributed by atoms with Crippen molar-refractivity contribution in [3.8, 4) is 11.3 Å². The van der Waals surface area contributed by atoms with Gasteiger partial charge in [0.05, 0.1) is 11.2 Å². The lowest BCUT2D eigenvalue weighted by atomic mass is 9.94. The zero-order valence-electron chi connectivity index (χ0n) is 19.7. The molecule has 0 amide bonds. The molecule has 36 heavy (non-hydrogen) atoms. The number of rotatable bonds is 5. The summed E-state index contributed by atoms with van der Waals surface area (Å²) in [5, 5.41) is 12.3. The second-order valence-electron chi connectivity index (χ2n) is 9.62. The van der Waals surface area contributed by atoms with Gasteiger partial charge in [-0.25, -0.2) is 4.68 Å². The lowest BCUT2D eigenvalue weighted by Gasteiger charge is -2.20. The van der Waals surface area contributed by atoms with Gasteiger partial charge in [-0.1, -0.05) is 78.0 Å². The maximum absolute atomic E-state index is 13.8. The van der Waals surface area contributed by atoms with Crippen LogP contribution >= 0.6 is 11.8 Å². The molecule has 0 spiro atoms. The van der Waals surface area contributed by atoms with E-state index in [1.807, 2.05) is 45.8 Å². The molecule has 1 atom stereocenters. The second-order valence-corrected chi connectivity index (χ2v) is 10.6. The fraction of sp³-hybridized carbons (Fsp3) is 0.207. The van der Waals surface area contributed by atoms with Crippen LogP contribution in [-0.4, -0.2) is 25.3 Å². The molecule has 1 saturated carbocycles. The number of benzene rings is 3. The van der Waals surface area contributed by atoms with Gasteiger partial charge in [-0.3, -0.25) is 9.36 Å². The fourth-order valence-electron chi connectivity index (χ4n) is 5.38. The van der Waals surface area contributed by atoms with E-state index in [2.05, 4.69) is 52.8 Å². The first-order chi connectivity index (χ1) is 17.7. The number of aromatic nitrogens is 4. The lowest BCUT2D eigenvalue weighted by Crippen LogP contribution is -2.32. The predicted octanol–water partition coefficient (Wildman–Crippen LogP) is 5.46. The van der Waals surface area contributed by atoms with Gasteiger partial charge < -0.3 is 5.73 Å². The maximum Gasteiger partial charge on any atom is 0.276 e. The summed E-state index contributed by atoms with van der Waals surface area (Å²) in [6, 6.07) is 24.8. The third-order valence-electron chi connectivity index (χ3n) is 7.33. The Bertz CT molecular complexity index is 1660. The van der Waals surface area contributed by atoms with Crippen LogP contribution in [0.1, 0.15) is 41.6 Å². The van der Waals surface area contributed by atoms with Crippen LogP contribution in [0.5, 0.6) is 0 Å². The SMILES string of the molecule is Nc1c(Cc2cccc3ccccc23)c(C2CC2)c2n(c1=O)C(n1cc(-c3ccccc3)nn1)CS2. The maximum atomic E-state index is 13.8. The summed E-state index contributed by atoms with van der Waals surface area (Å²) in [5.74, 6) is 1.19. The van der Waals surface area contributed by atoms with Crippen molar-refractivity contribution in [2.24, 2.45) is 0 Å². The van der Waals surface area contributed by atoms with Crippen molar-refractivity contribution in [1.82, 2.24) is 19.6 Å². The third kappa shape index (κ3) is 3.45. The van der Waals surface area contributed by atoms with E-state index >= 15 is 0 Å². The first-order valence-electron chi connectivity index (χ1n) is 12.3. The van der Waals surface area contributed by atoms with Crippen LogP contribution < -0.4 is 11.3 Å². The van der Waals surface area contributed by atoms with Crippen molar-refractivity contribution in [3.05, 3.63) is 106 Å². The third-order valence-corrected chi connectivity index (χ3v) is 8.49. The van der Waals surface area contributed by atoms with Crippen LogP contribution in [0.15, 0.2) is 88.8 Å². The Kier molecular flexibility index (Phi) is 4.99. The minimum atomic E-state index is -0.242. The number of fused-ring (bicyclic) bond motifs is 2. The van der Waals surface area contributed by atoms with E-state index < -0.39 is 0 Å². The molecule has 7 rings (SSSR count). The van der Waals surface area contributed by atoms with E-state index in [9.17, 15) is 4.79 Å². The molecule has 0 saturated heterocycles. The van der Waals surface area contributed by atoms with Crippen molar-refractivity contribution >= 4 is 28.2 Å². The van der Waals surface area contributed by atoms with Crippen LogP contribution in [0.25, 0.3) is 22.0 Å². The highest BCUT2D eigenvalue weighted by Crippen LogP contribution is 2.50. The zero-order chi connectivity index (χ0) is 24.2. The number of thioether (sulfide) groups is 1. The highest BCUT2D eigenvalue weighted by atomic mass is 32.2. The normalized spacial score (nSPS) is 16.9. The smallest absolute Gasteiger partial charge is 0.276 e. The molecule has 1 fully saturated rings. The van der Waals surface area contributed by atoms with E-state index in [0.717, 1.165) is 40.4 Å². The molecule has 0 bridgehead atoms. The Balaban J connectivity index is 1.33. The van der Waals surface area contributed by atoms with Crippen LogP contribution in [0, 0.1) is 0 Å². The van der Waals surface area contributed by atoms with Crippen molar-refractivity contribution < 1.29 is 0 Å². The predicted molar refractivity (Wildman–Crippen MR) is 144 cm³/mol. The highest BCUT2D eigenvalue weighted by Gasteiger charge is 2.38. The van der Waals surface area contributed by atoms with E-state index in [-0.39, 0.29) is 11.7 Å². The van der Waals surface area contributed by atoms with E-state index in [0.29, 0.717) is 18.0 Å². The summed E-state index contributed by atoms with van der Waals surface area (Å²) in [6.45, 7) is 0. The Labute approximate surface area is 212 Å². The van der Waals surface area contributed by atoms with Gasteiger partial charge in [-0.15, -0.1) is 16.9 Å². The molecule has 2 aliphatic rings. The number of anilines is 1. The summed E-state index contributed by atoms with van der Waals surface area (Å²) in [6.07, 6.45) is 4.63. The largest absolute Gasteiger partial charge is 0.394 e. The van der Waals surface area contributed by atoms with Crippen molar-refractivity contribution in [2.75, 3.05) is 11.5 Å². The number of nitrogen functional groups attached to an aromatic ring is 1. The van der Waals surface area contributed by atoms with Crippen LogP contribution in [-0.2, 0) is 6.42 Å². The molecular weight excluding hydrogens is 466 g/mol. The Morgan fingerprint density at radius 2 is 1.75 bits per heavy atom. The number of nitrogens with zero attached hydrogens (tertiary/aromatic N) is 4. The molecule has 2 aromatic heterocycles. The van der Waals surface area contributed by atoms with Crippen molar-refractivity contribution in [1.29, 1.82) is 0 Å². The topological polar surface area (TPSA) is 78.7 Å². The average Bonchev–Trinajstić information content (AvgIpc) is 3.46. The molecule has 178 valence electrons.